The molecule has 1 amide bonds. The van der Waals surface area contributed by atoms with Crippen LogP contribution in [0.5, 0.6) is 0 Å². The van der Waals surface area contributed by atoms with Crippen LogP contribution in [0, 0.1) is 0 Å². The van der Waals surface area contributed by atoms with E-state index in [4.69, 9.17) is 23.2 Å². The minimum atomic E-state index is -0.354. The number of hydrogen-bond acceptors (Lipinski definition) is 2. The van der Waals surface area contributed by atoms with Crippen LogP contribution in [0.2, 0.25) is 10.0 Å². The SMILES string of the molecule is CC(=O)NC(c1ccc(Cl)c(Cl)c1)c1nccn1C. The molecule has 0 spiro atoms. The first-order valence-electron chi connectivity index (χ1n) is 5.68. The molecule has 100 valence electrons. The highest BCUT2D eigenvalue weighted by Gasteiger charge is 2.20. The molecule has 0 aliphatic heterocycles. The Morgan fingerprint density at radius 1 is 1.37 bits per heavy atom. The van der Waals surface area contributed by atoms with Crippen LogP contribution in [0.25, 0.3) is 0 Å². The Labute approximate surface area is 121 Å². The number of benzene rings is 1. The molecule has 1 aromatic carbocycles. The summed E-state index contributed by atoms with van der Waals surface area (Å²) in [6, 6.07) is 4.91. The summed E-state index contributed by atoms with van der Waals surface area (Å²) >= 11 is 11.9. The highest BCUT2D eigenvalue weighted by atomic mass is 35.5. The first-order chi connectivity index (χ1) is 8.99. The van der Waals surface area contributed by atoms with Gasteiger partial charge in [0.25, 0.3) is 0 Å². The summed E-state index contributed by atoms with van der Waals surface area (Å²) in [5, 5.41) is 3.79. The van der Waals surface area contributed by atoms with E-state index in [1.165, 1.54) is 6.92 Å². The minimum Gasteiger partial charge on any atom is -0.342 e. The molecule has 2 aromatic rings. The second kappa shape index (κ2) is 5.63. The van der Waals surface area contributed by atoms with Crippen LogP contribution in [0.1, 0.15) is 24.4 Å². The second-order valence-electron chi connectivity index (χ2n) is 4.20. The highest BCUT2D eigenvalue weighted by molar-refractivity contribution is 6.42. The van der Waals surface area contributed by atoms with Gasteiger partial charge in [-0.05, 0) is 17.7 Å². The van der Waals surface area contributed by atoms with E-state index in [0.717, 1.165) is 11.4 Å². The van der Waals surface area contributed by atoms with Gasteiger partial charge in [0.1, 0.15) is 11.9 Å². The van der Waals surface area contributed by atoms with Gasteiger partial charge < -0.3 is 9.88 Å². The van der Waals surface area contributed by atoms with Crippen molar-refractivity contribution in [3.05, 3.63) is 52.0 Å². The summed E-state index contributed by atoms with van der Waals surface area (Å²) in [7, 11) is 1.87. The van der Waals surface area contributed by atoms with Crippen molar-refractivity contribution in [3.8, 4) is 0 Å². The number of carbonyl (C=O) groups excluding carboxylic acids is 1. The van der Waals surface area contributed by atoms with Crippen molar-refractivity contribution in [2.75, 3.05) is 0 Å². The van der Waals surface area contributed by atoms with E-state index in [1.807, 2.05) is 23.9 Å². The van der Waals surface area contributed by atoms with Crippen LogP contribution >= 0.6 is 23.2 Å². The Hall–Kier alpha value is -1.52. The van der Waals surface area contributed by atoms with Gasteiger partial charge in [-0.3, -0.25) is 4.79 Å². The van der Waals surface area contributed by atoms with Crippen molar-refractivity contribution in [1.29, 1.82) is 0 Å². The molecule has 0 fully saturated rings. The molecular weight excluding hydrogens is 285 g/mol. The van der Waals surface area contributed by atoms with E-state index in [2.05, 4.69) is 10.3 Å². The average molecular weight is 298 g/mol. The van der Waals surface area contributed by atoms with Crippen LogP contribution in [-0.4, -0.2) is 15.5 Å². The number of aromatic nitrogens is 2. The van der Waals surface area contributed by atoms with Crippen LogP contribution < -0.4 is 5.32 Å². The maximum atomic E-state index is 11.4. The quantitative estimate of drug-likeness (QED) is 0.947. The maximum absolute atomic E-state index is 11.4. The number of rotatable bonds is 3. The van der Waals surface area contributed by atoms with Gasteiger partial charge in [-0.25, -0.2) is 4.98 Å². The van der Waals surface area contributed by atoms with Gasteiger partial charge in [-0.15, -0.1) is 0 Å². The van der Waals surface area contributed by atoms with Gasteiger partial charge in [-0.2, -0.15) is 0 Å². The van der Waals surface area contributed by atoms with Crippen LogP contribution in [-0.2, 0) is 11.8 Å². The Kier molecular flexibility index (Phi) is 4.12. The molecule has 0 saturated heterocycles. The highest BCUT2D eigenvalue weighted by Crippen LogP contribution is 2.28. The van der Waals surface area contributed by atoms with Gasteiger partial charge in [0.15, 0.2) is 0 Å². The number of amides is 1. The lowest BCUT2D eigenvalue weighted by Crippen LogP contribution is -2.29. The molecule has 1 unspecified atom stereocenters. The molecule has 4 nitrogen and oxygen atoms in total. The number of halogens is 2. The fourth-order valence-electron chi connectivity index (χ4n) is 1.85. The van der Waals surface area contributed by atoms with Crippen molar-refractivity contribution in [3.63, 3.8) is 0 Å². The summed E-state index contributed by atoms with van der Waals surface area (Å²) in [5.41, 5.74) is 0.832. The van der Waals surface area contributed by atoms with E-state index >= 15 is 0 Å². The molecule has 2 rings (SSSR count). The predicted molar refractivity (Wildman–Crippen MR) is 75.3 cm³/mol. The number of hydrogen-bond donors (Lipinski definition) is 1. The molecule has 1 N–H and O–H groups in total. The van der Waals surface area contributed by atoms with Gasteiger partial charge in [0.05, 0.1) is 10.0 Å². The molecule has 6 heteroatoms. The molecule has 0 aliphatic rings. The number of imidazole rings is 1. The molecule has 1 heterocycles. The molecule has 0 radical (unpaired) electrons. The lowest BCUT2D eigenvalue weighted by Gasteiger charge is -2.18. The lowest BCUT2D eigenvalue weighted by molar-refractivity contribution is -0.119. The Morgan fingerprint density at radius 2 is 2.11 bits per heavy atom. The molecule has 0 aliphatic carbocycles. The first-order valence-corrected chi connectivity index (χ1v) is 6.44. The summed E-state index contributed by atoms with van der Waals surface area (Å²) < 4.78 is 1.85. The molecule has 19 heavy (non-hydrogen) atoms. The van der Waals surface area contributed by atoms with Crippen molar-refractivity contribution in [2.24, 2.45) is 7.05 Å². The smallest absolute Gasteiger partial charge is 0.217 e. The number of nitrogens with zero attached hydrogens (tertiary/aromatic N) is 2. The third-order valence-electron chi connectivity index (χ3n) is 2.74. The standard InChI is InChI=1S/C13H13Cl2N3O/c1-8(19)17-12(13-16-5-6-18(13)2)9-3-4-10(14)11(15)7-9/h3-7,12H,1-2H3,(H,17,19). The van der Waals surface area contributed by atoms with Gasteiger partial charge >= 0.3 is 0 Å². The predicted octanol–water partition coefficient (Wildman–Crippen LogP) is 2.95. The topological polar surface area (TPSA) is 46.9 Å². The monoisotopic (exact) mass is 297 g/mol. The van der Waals surface area contributed by atoms with Crippen molar-refractivity contribution >= 4 is 29.1 Å². The third-order valence-corrected chi connectivity index (χ3v) is 3.48. The molecule has 0 saturated carbocycles. The third kappa shape index (κ3) is 3.08. The maximum Gasteiger partial charge on any atom is 0.217 e. The van der Waals surface area contributed by atoms with Gasteiger partial charge in [0.2, 0.25) is 5.91 Å². The normalized spacial score (nSPS) is 12.2. The number of carbonyl (C=O) groups is 1. The number of aryl methyl sites for hydroxylation is 1. The lowest BCUT2D eigenvalue weighted by atomic mass is 10.1. The summed E-state index contributed by atoms with van der Waals surface area (Å²) in [6.45, 7) is 1.47. The van der Waals surface area contributed by atoms with E-state index in [0.29, 0.717) is 10.0 Å². The Morgan fingerprint density at radius 3 is 2.63 bits per heavy atom. The van der Waals surface area contributed by atoms with Gasteiger partial charge in [0, 0.05) is 26.4 Å². The first kappa shape index (κ1) is 13.9. The van der Waals surface area contributed by atoms with Crippen molar-refractivity contribution in [2.45, 2.75) is 13.0 Å². The van der Waals surface area contributed by atoms with Crippen molar-refractivity contribution < 1.29 is 4.79 Å². The molecule has 1 atom stereocenters. The van der Waals surface area contributed by atoms with E-state index in [1.54, 1.807) is 18.3 Å². The fraction of sp³-hybridized carbons (Fsp3) is 0.231. The van der Waals surface area contributed by atoms with Crippen LogP contribution in [0.4, 0.5) is 0 Å². The number of nitrogens with one attached hydrogen (secondary N) is 1. The molecule has 1 aromatic heterocycles. The Balaban J connectivity index is 2.45. The second-order valence-corrected chi connectivity index (χ2v) is 5.02. The van der Waals surface area contributed by atoms with Crippen LogP contribution in [0.15, 0.2) is 30.6 Å². The van der Waals surface area contributed by atoms with E-state index in [9.17, 15) is 4.79 Å². The Bertz CT molecular complexity index is 610. The van der Waals surface area contributed by atoms with Gasteiger partial charge in [-0.1, -0.05) is 29.3 Å². The largest absolute Gasteiger partial charge is 0.342 e. The van der Waals surface area contributed by atoms with Crippen molar-refractivity contribution in [1.82, 2.24) is 14.9 Å². The molecular formula is C13H13Cl2N3O. The van der Waals surface area contributed by atoms with Crippen LogP contribution in [0.3, 0.4) is 0 Å². The van der Waals surface area contributed by atoms with E-state index in [-0.39, 0.29) is 11.9 Å². The molecule has 0 bridgehead atoms. The van der Waals surface area contributed by atoms with E-state index < -0.39 is 0 Å². The summed E-state index contributed by atoms with van der Waals surface area (Å²) in [5.74, 6) is 0.590. The minimum absolute atomic E-state index is 0.140. The zero-order valence-electron chi connectivity index (χ0n) is 10.5. The summed E-state index contributed by atoms with van der Waals surface area (Å²) in [4.78, 5) is 15.6. The zero-order chi connectivity index (χ0) is 14.0. The zero-order valence-corrected chi connectivity index (χ0v) is 12.0. The summed E-state index contributed by atoms with van der Waals surface area (Å²) in [6.07, 6.45) is 3.50. The average Bonchev–Trinajstić information content (AvgIpc) is 2.76. The fourth-order valence-corrected chi connectivity index (χ4v) is 2.15.